The van der Waals surface area contributed by atoms with Crippen molar-refractivity contribution in [1.82, 2.24) is 0 Å². The zero-order chi connectivity index (χ0) is 13.0. The Hall–Kier alpha value is -0.780. The van der Waals surface area contributed by atoms with Crippen LogP contribution in [0.25, 0.3) is 0 Å². The zero-order valence-electron chi connectivity index (χ0n) is 9.68. The van der Waals surface area contributed by atoms with Gasteiger partial charge in [0.1, 0.15) is 4.88 Å². The maximum Gasteiger partial charge on any atom is 0.348 e. The Bertz CT molecular complexity index is 534. The highest BCUT2D eigenvalue weighted by atomic mass is 79.9. The van der Waals surface area contributed by atoms with Gasteiger partial charge in [-0.1, -0.05) is 15.9 Å². The topological polar surface area (TPSA) is 26.3 Å². The molecule has 0 aliphatic rings. The van der Waals surface area contributed by atoms with E-state index in [0.717, 1.165) is 10.2 Å². The van der Waals surface area contributed by atoms with Gasteiger partial charge in [-0.05, 0) is 36.4 Å². The van der Waals surface area contributed by atoms with Crippen LogP contribution in [-0.2, 0) is 10.5 Å². The second-order valence-electron chi connectivity index (χ2n) is 3.50. The molecule has 94 valence electrons. The smallest absolute Gasteiger partial charge is 0.348 e. The number of rotatable bonds is 4. The van der Waals surface area contributed by atoms with Crippen molar-refractivity contribution < 1.29 is 9.53 Å². The lowest BCUT2D eigenvalue weighted by Gasteiger charge is -1.99. The fourth-order valence-corrected chi connectivity index (χ4v) is 3.48. The van der Waals surface area contributed by atoms with Gasteiger partial charge >= 0.3 is 5.97 Å². The van der Waals surface area contributed by atoms with Crippen LogP contribution in [0.4, 0.5) is 0 Å². The van der Waals surface area contributed by atoms with E-state index < -0.39 is 0 Å². The molecule has 0 aliphatic heterocycles. The van der Waals surface area contributed by atoms with E-state index in [4.69, 9.17) is 0 Å². The Morgan fingerprint density at radius 2 is 2.00 bits per heavy atom. The number of hydrogen-bond donors (Lipinski definition) is 0. The normalized spacial score (nSPS) is 10.3. The van der Waals surface area contributed by atoms with Crippen molar-refractivity contribution in [3.63, 3.8) is 0 Å². The molecule has 0 amide bonds. The Balaban J connectivity index is 1.96. The molecule has 2 nitrogen and oxygen atoms in total. The summed E-state index contributed by atoms with van der Waals surface area (Å²) in [6.45, 7) is 0. The third-order valence-electron chi connectivity index (χ3n) is 2.24. The van der Waals surface area contributed by atoms with Crippen LogP contribution in [-0.4, -0.2) is 13.1 Å². The molecule has 0 N–H and O–H groups in total. The first-order chi connectivity index (χ1) is 8.69. The second kappa shape index (κ2) is 6.41. The molecule has 2 aromatic rings. The molecule has 0 saturated heterocycles. The van der Waals surface area contributed by atoms with E-state index in [0.29, 0.717) is 4.88 Å². The van der Waals surface area contributed by atoms with E-state index in [-0.39, 0.29) is 5.97 Å². The molecule has 0 unspecified atom stereocenters. The monoisotopic (exact) mass is 342 g/mol. The van der Waals surface area contributed by atoms with Gasteiger partial charge < -0.3 is 4.74 Å². The molecule has 1 heterocycles. The number of ether oxygens (including phenoxy) is 1. The van der Waals surface area contributed by atoms with Crippen molar-refractivity contribution in [2.45, 2.75) is 10.6 Å². The van der Waals surface area contributed by atoms with Crippen molar-refractivity contribution in [3.8, 4) is 0 Å². The third-order valence-corrected chi connectivity index (χ3v) is 5.08. The molecule has 2 rings (SSSR count). The summed E-state index contributed by atoms with van der Waals surface area (Å²) in [7, 11) is 1.40. The molecular formula is C13H11BrO2S2. The van der Waals surface area contributed by atoms with Crippen molar-refractivity contribution in [3.05, 3.63) is 50.6 Å². The first-order valence-electron chi connectivity index (χ1n) is 5.24. The number of carbonyl (C=O) groups is 1. The third kappa shape index (κ3) is 3.60. The summed E-state index contributed by atoms with van der Waals surface area (Å²) < 4.78 is 5.76. The fraction of sp³-hybridized carbons (Fsp3) is 0.154. The van der Waals surface area contributed by atoms with Gasteiger partial charge in [-0.15, -0.1) is 23.1 Å². The molecule has 0 fully saturated rings. The summed E-state index contributed by atoms with van der Waals surface area (Å²) in [5.74, 6) is 0.600. The Morgan fingerprint density at radius 1 is 1.28 bits per heavy atom. The molecule has 0 saturated carbocycles. The van der Waals surface area contributed by atoms with E-state index in [9.17, 15) is 4.79 Å². The van der Waals surface area contributed by atoms with Crippen molar-refractivity contribution in [1.29, 1.82) is 0 Å². The zero-order valence-corrected chi connectivity index (χ0v) is 12.9. The van der Waals surface area contributed by atoms with E-state index >= 15 is 0 Å². The predicted octanol–water partition coefficient (Wildman–Crippen LogP) is 4.59. The lowest BCUT2D eigenvalue weighted by molar-refractivity contribution is 0.0606. The SMILES string of the molecule is COC(=O)c1ccc(CSc2ccc(Br)cc2)s1. The molecule has 0 bridgehead atoms. The second-order valence-corrected chi connectivity index (χ2v) is 6.63. The maximum absolute atomic E-state index is 11.3. The van der Waals surface area contributed by atoms with Gasteiger partial charge in [-0.25, -0.2) is 4.79 Å². The van der Waals surface area contributed by atoms with Crippen LogP contribution < -0.4 is 0 Å². The van der Waals surface area contributed by atoms with Crippen molar-refractivity contribution in [2.75, 3.05) is 7.11 Å². The van der Waals surface area contributed by atoms with E-state index in [1.165, 1.54) is 28.2 Å². The van der Waals surface area contributed by atoms with Crippen LogP contribution in [0.2, 0.25) is 0 Å². The van der Waals surface area contributed by atoms with Crippen LogP contribution in [0.3, 0.4) is 0 Å². The average Bonchev–Trinajstić information content (AvgIpc) is 2.86. The number of halogens is 1. The highest BCUT2D eigenvalue weighted by Gasteiger charge is 2.08. The number of benzene rings is 1. The molecule has 5 heteroatoms. The summed E-state index contributed by atoms with van der Waals surface area (Å²) in [5, 5.41) is 0. The Kier molecular flexibility index (Phi) is 4.86. The summed E-state index contributed by atoms with van der Waals surface area (Å²) in [6.07, 6.45) is 0. The van der Waals surface area contributed by atoms with Gasteiger partial charge in [-0.3, -0.25) is 0 Å². The van der Waals surface area contributed by atoms with Gasteiger partial charge in [0.15, 0.2) is 0 Å². The summed E-state index contributed by atoms with van der Waals surface area (Å²) in [6, 6.07) is 12.0. The number of esters is 1. The maximum atomic E-state index is 11.3. The lowest BCUT2D eigenvalue weighted by Crippen LogP contribution is -1.96. The van der Waals surface area contributed by atoms with Gasteiger partial charge in [0.2, 0.25) is 0 Å². The number of thiophene rings is 1. The standard InChI is InChI=1S/C13H11BrO2S2/c1-16-13(15)12-7-6-11(18-12)8-17-10-4-2-9(14)3-5-10/h2-7H,8H2,1H3. The first-order valence-corrected chi connectivity index (χ1v) is 7.84. The van der Waals surface area contributed by atoms with Crippen LogP contribution >= 0.6 is 39.0 Å². The summed E-state index contributed by atoms with van der Waals surface area (Å²) >= 11 is 6.65. The van der Waals surface area contributed by atoms with Crippen LogP contribution in [0.5, 0.6) is 0 Å². The number of methoxy groups -OCH3 is 1. The van der Waals surface area contributed by atoms with Crippen molar-refractivity contribution >= 4 is 45.0 Å². The summed E-state index contributed by atoms with van der Waals surface area (Å²) in [5.41, 5.74) is 0. The lowest BCUT2D eigenvalue weighted by atomic mass is 10.4. The minimum atomic E-state index is -0.264. The van der Waals surface area contributed by atoms with Crippen LogP contribution in [0.1, 0.15) is 14.5 Å². The fourth-order valence-electron chi connectivity index (χ4n) is 1.35. The van der Waals surface area contributed by atoms with Gasteiger partial charge in [-0.2, -0.15) is 0 Å². The molecule has 0 aliphatic carbocycles. The van der Waals surface area contributed by atoms with E-state index in [1.54, 1.807) is 11.8 Å². The van der Waals surface area contributed by atoms with Gasteiger partial charge in [0, 0.05) is 20.0 Å². The summed E-state index contributed by atoms with van der Waals surface area (Å²) in [4.78, 5) is 14.4. The molecular weight excluding hydrogens is 332 g/mol. The molecule has 18 heavy (non-hydrogen) atoms. The molecule has 1 aromatic heterocycles. The van der Waals surface area contributed by atoms with E-state index in [1.807, 2.05) is 24.3 Å². The van der Waals surface area contributed by atoms with Gasteiger partial charge in [0.25, 0.3) is 0 Å². The minimum Gasteiger partial charge on any atom is -0.465 e. The van der Waals surface area contributed by atoms with Crippen molar-refractivity contribution in [2.24, 2.45) is 0 Å². The highest BCUT2D eigenvalue weighted by molar-refractivity contribution is 9.10. The molecule has 0 atom stereocenters. The highest BCUT2D eigenvalue weighted by Crippen LogP contribution is 2.28. The number of carbonyl (C=O) groups excluding carboxylic acids is 1. The predicted molar refractivity (Wildman–Crippen MR) is 79.4 cm³/mol. The van der Waals surface area contributed by atoms with E-state index in [2.05, 4.69) is 32.8 Å². The van der Waals surface area contributed by atoms with Gasteiger partial charge in [0.05, 0.1) is 7.11 Å². The number of hydrogen-bond acceptors (Lipinski definition) is 4. The Labute approximate surface area is 122 Å². The van der Waals surface area contributed by atoms with Crippen LogP contribution in [0, 0.1) is 0 Å². The minimum absolute atomic E-state index is 0.264. The molecule has 0 radical (unpaired) electrons. The number of thioether (sulfide) groups is 1. The largest absolute Gasteiger partial charge is 0.465 e. The first kappa shape index (κ1) is 13.6. The quantitative estimate of drug-likeness (QED) is 0.600. The van der Waals surface area contributed by atoms with Crippen LogP contribution in [0.15, 0.2) is 45.8 Å². The molecule has 0 spiro atoms. The Morgan fingerprint density at radius 3 is 2.67 bits per heavy atom. The molecule has 1 aromatic carbocycles. The average molecular weight is 343 g/mol.